The van der Waals surface area contributed by atoms with E-state index in [9.17, 15) is 14.7 Å². The third-order valence-electron chi connectivity index (χ3n) is 2.67. The number of rotatable bonds is 2. The number of hydrogen-bond acceptors (Lipinski definition) is 5. The molecule has 1 saturated heterocycles. The maximum Gasteiger partial charge on any atom is 0.330 e. The van der Waals surface area contributed by atoms with Crippen LogP contribution in [0.25, 0.3) is 0 Å². The van der Waals surface area contributed by atoms with Crippen molar-refractivity contribution in [2.75, 3.05) is 6.61 Å². The molecule has 1 aliphatic heterocycles. The van der Waals surface area contributed by atoms with E-state index >= 15 is 0 Å². The molecule has 1 aromatic heterocycles. The minimum Gasteiger partial charge on any atom is -0.394 e. The van der Waals surface area contributed by atoms with E-state index in [4.69, 9.17) is 21.4 Å². The number of hydrogen-bond donors (Lipinski definition) is 3. The van der Waals surface area contributed by atoms with Crippen LogP contribution in [-0.2, 0) is 4.74 Å². The number of alkyl halides is 1. The largest absolute Gasteiger partial charge is 0.394 e. The van der Waals surface area contributed by atoms with Crippen LogP contribution in [0, 0.1) is 0 Å². The highest BCUT2D eigenvalue weighted by Crippen LogP contribution is 2.34. The van der Waals surface area contributed by atoms with E-state index in [1.54, 1.807) is 0 Å². The summed E-state index contributed by atoms with van der Waals surface area (Å²) >= 11 is 7.56. The minimum atomic E-state index is -0.904. The van der Waals surface area contributed by atoms with Gasteiger partial charge in [0.25, 0.3) is 5.56 Å². The van der Waals surface area contributed by atoms with Crippen molar-refractivity contribution in [3.05, 3.63) is 32.1 Å². The Morgan fingerprint density at radius 3 is 2.78 bits per heavy atom. The molecule has 4 atom stereocenters. The average Bonchev–Trinajstić information content (AvgIpc) is 2.61. The van der Waals surface area contributed by atoms with Gasteiger partial charge in [0.15, 0.2) is 6.23 Å². The summed E-state index contributed by atoms with van der Waals surface area (Å²) in [7, 11) is 0. The fourth-order valence-corrected chi connectivity index (χ4v) is 2.86. The lowest BCUT2D eigenvalue weighted by Gasteiger charge is -2.16. The number of ether oxygens (including phenoxy) is 1. The third-order valence-corrected chi connectivity index (χ3v) is 4.29. The molecule has 0 bridgehead atoms. The van der Waals surface area contributed by atoms with E-state index in [1.807, 2.05) is 27.6 Å². The van der Waals surface area contributed by atoms with Crippen LogP contribution in [0.5, 0.6) is 0 Å². The average molecular weight is 389 g/mol. The summed E-state index contributed by atoms with van der Waals surface area (Å²) in [6, 6.07) is 0. The van der Waals surface area contributed by atoms with Gasteiger partial charge in [0.2, 0.25) is 0 Å². The molecule has 0 aromatic carbocycles. The van der Waals surface area contributed by atoms with E-state index in [0.29, 0.717) is 0 Å². The first-order chi connectivity index (χ1) is 8.45. The Morgan fingerprint density at radius 2 is 2.22 bits per heavy atom. The van der Waals surface area contributed by atoms with Gasteiger partial charge in [-0.3, -0.25) is 14.3 Å². The molecule has 9 heteroatoms. The zero-order valence-electron chi connectivity index (χ0n) is 8.92. The maximum absolute atomic E-state index is 11.6. The van der Waals surface area contributed by atoms with Crippen LogP contribution in [0.2, 0.25) is 5.02 Å². The first kappa shape index (κ1) is 14.0. The zero-order valence-corrected chi connectivity index (χ0v) is 11.8. The Balaban J connectivity index is 2.42. The summed E-state index contributed by atoms with van der Waals surface area (Å²) in [6.45, 7) is -0.358. The van der Waals surface area contributed by atoms with Gasteiger partial charge in [-0.05, 0) is 0 Å². The Kier molecular flexibility index (Phi) is 4.11. The molecule has 3 N–H and O–H groups in total. The van der Waals surface area contributed by atoms with Gasteiger partial charge in [-0.1, -0.05) is 34.2 Å². The van der Waals surface area contributed by atoms with Gasteiger partial charge in [-0.15, -0.1) is 0 Å². The van der Waals surface area contributed by atoms with Crippen molar-refractivity contribution < 1.29 is 14.9 Å². The second-order valence-corrected chi connectivity index (χ2v) is 5.67. The third kappa shape index (κ3) is 2.35. The fourth-order valence-electron chi connectivity index (χ4n) is 1.73. The molecule has 1 aliphatic rings. The van der Waals surface area contributed by atoms with Gasteiger partial charge >= 0.3 is 5.69 Å². The number of nitrogens with one attached hydrogen (secondary N) is 1. The van der Waals surface area contributed by atoms with Crippen molar-refractivity contribution >= 4 is 34.2 Å². The van der Waals surface area contributed by atoms with Crippen LogP contribution < -0.4 is 11.2 Å². The number of aromatic nitrogens is 2. The smallest absolute Gasteiger partial charge is 0.330 e. The number of aliphatic hydroxyl groups is 2. The summed E-state index contributed by atoms with van der Waals surface area (Å²) in [5.41, 5.74) is -1.36. The molecule has 0 amide bonds. The van der Waals surface area contributed by atoms with E-state index in [0.717, 1.165) is 10.8 Å². The summed E-state index contributed by atoms with van der Waals surface area (Å²) in [5.74, 6) is 0. The van der Waals surface area contributed by atoms with Crippen LogP contribution in [0.4, 0.5) is 0 Å². The van der Waals surface area contributed by atoms with Crippen LogP contribution >= 0.6 is 34.2 Å². The Labute approximate surface area is 119 Å². The molecule has 18 heavy (non-hydrogen) atoms. The molecule has 1 fully saturated rings. The molecule has 0 spiro atoms. The molecule has 100 valence electrons. The van der Waals surface area contributed by atoms with E-state index in [1.165, 1.54) is 0 Å². The van der Waals surface area contributed by atoms with Gasteiger partial charge in [-0.25, -0.2) is 4.79 Å². The van der Waals surface area contributed by atoms with E-state index in [-0.39, 0.29) is 11.6 Å². The highest BCUT2D eigenvalue weighted by molar-refractivity contribution is 14.1. The van der Waals surface area contributed by atoms with Gasteiger partial charge in [0.1, 0.15) is 11.1 Å². The Morgan fingerprint density at radius 1 is 1.56 bits per heavy atom. The second kappa shape index (κ2) is 5.29. The number of H-pyrrole nitrogens is 1. The first-order valence-corrected chi connectivity index (χ1v) is 6.67. The van der Waals surface area contributed by atoms with Crippen molar-refractivity contribution in [1.29, 1.82) is 0 Å². The molecular formula is C9H10ClIN2O5. The quantitative estimate of drug-likeness (QED) is 0.457. The standard InChI is InChI=1S/C9H10ClIN2O5/c10-3-1-13(9(17)12-7(3)16)8-5(11)6(15)4(2-14)18-8/h1,4-6,8,14-15H,2H2,(H,12,16,17)/t4-,5?,6-,8-/m1/s1. The lowest BCUT2D eigenvalue weighted by Crippen LogP contribution is -2.35. The van der Waals surface area contributed by atoms with Crippen LogP contribution in [-0.4, -0.2) is 42.5 Å². The molecule has 0 saturated carbocycles. The molecular weight excluding hydrogens is 378 g/mol. The minimum absolute atomic E-state index is 0.149. The van der Waals surface area contributed by atoms with Crippen molar-refractivity contribution in [2.24, 2.45) is 0 Å². The highest BCUT2D eigenvalue weighted by atomic mass is 127. The molecule has 1 unspecified atom stereocenters. The maximum atomic E-state index is 11.6. The van der Waals surface area contributed by atoms with Crippen LogP contribution in [0.3, 0.4) is 0 Å². The topological polar surface area (TPSA) is 105 Å². The molecule has 7 nitrogen and oxygen atoms in total. The van der Waals surface area contributed by atoms with Crippen molar-refractivity contribution in [1.82, 2.24) is 9.55 Å². The zero-order chi connectivity index (χ0) is 13.4. The predicted octanol–water partition coefficient (Wildman–Crippen LogP) is -0.756. The van der Waals surface area contributed by atoms with Crippen molar-refractivity contribution in [2.45, 2.75) is 22.4 Å². The number of aromatic amines is 1. The van der Waals surface area contributed by atoms with Gasteiger partial charge in [0, 0.05) is 6.20 Å². The fraction of sp³-hybridized carbons (Fsp3) is 0.556. The van der Waals surface area contributed by atoms with Gasteiger partial charge in [-0.2, -0.15) is 0 Å². The van der Waals surface area contributed by atoms with E-state index < -0.39 is 33.6 Å². The SMILES string of the molecule is O=c1[nH]c(=O)n([C@@H]2O[C@H](CO)[C@@H](O)C2I)cc1Cl. The van der Waals surface area contributed by atoms with Crippen molar-refractivity contribution in [3.8, 4) is 0 Å². The second-order valence-electron chi connectivity index (χ2n) is 3.83. The van der Waals surface area contributed by atoms with Gasteiger partial charge in [0.05, 0.1) is 16.6 Å². The summed E-state index contributed by atoms with van der Waals surface area (Å²) < 4.78 is 6.02. The molecule has 2 heterocycles. The van der Waals surface area contributed by atoms with Crippen molar-refractivity contribution in [3.63, 3.8) is 0 Å². The highest BCUT2D eigenvalue weighted by Gasteiger charge is 2.43. The van der Waals surface area contributed by atoms with Crippen LogP contribution in [0.15, 0.2) is 15.8 Å². The summed E-state index contributed by atoms with van der Waals surface area (Å²) in [6.07, 6.45) is -1.31. The normalized spacial score (nSPS) is 31.8. The molecule has 0 radical (unpaired) electrons. The number of nitrogens with zero attached hydrogens (tertiary/aromatic N) is 1. The Bertz CT molecular complexity index is 559. The number of halogens is 2. The lowest BCUT2D eigenvalue weighted by atomic mass is 10.2. The summed E-state index contributed by atoms with van der Waals surface area (Å²) in [5, 5.41) is 18.7. The lowest BCUT2D eigenvalue weighted by molar-refractivity contribution is -0.0455. The monoisotopic (exact) mass is 388 g/mol. The molecule has 0 aliphatic carbocycles. The molecule has 2 rings (SSSR count). The first-order valence-electron chi connectivity index (χ1n) is 5.05. The van der Waals surface area contributed by atoms with Crippen LogP contribution in [0.1, 0.15) is 6.23 Å². The van der Waals surface area contributed by atoms with E-state index in [2.05, 4.69) is 0 Å². The Hall–Kier alpha value is -0.420. The summed E-state index contributed by atoms with van der Waals surface area (Å²) in [4.78, 5) is 24.8. The molecule has 1 aromatic rings. The predicted molar refractivity (Wildman–Crippen MR) is 71.1 cm³/mol. The number of aliphatic hydroxyl groups excluding tert-OH is 2. The van der Waals surface area contributed by atoms with Gasteiger partial charge < -0.3 is 14.9 Å².